The number of nitrogens with one attached hydrogen (secondary N) is 1. The van der Waals surface area contributed by atoms with E-state index in [4.69, 9.17) is 9.68 Å². The summed E-state index contributed by atoms with van der Waals surface area (Å²) < 4.78 is 5.10. The van der Waals surface area contributed by atoms with Crippen molar-refractivity contribution < 1.29 is 9.21 Å². The van der Waals surface area contributed by atoms with Crippen LogP contribution in [-0.4, -0.2) is 5.91 Å². The SMILES string of the molecule is CCC(C#N)(CC)C(=O)NCc1ccco1. The minimum absolute atomic E-state index is 0.226. The van der Waals surface area contributed by atoms with E-state index < -0.39 is 5.41 Å². The number of hydrogen-bond acceptors (Lipinski definition) is 3. The number of hydrogen-bond donors (Lipinski definition) is 1. The van der Waals surface area contributed by atoms with Gasteiger partial charge in [0.1, 0.15) is 11.2 Å². The van der Waals surface area contributed by atoms with Gasteiger partial charge < -0.3 is 9.73 Å². The highest BCUT2D eigenvalue weighted by molar-refractivity contribution is 5.85. The molecule has 0 fully saturated rings. The van der Waals surface area contributed by atoms with Crippen LogP contribution in [0.2, 0.25) is 0 Å². The number of carbonyl (C=O) groups excluding carboxylic acids is 1. The van der Waals surface area contributed by atoms with Crippen molar-refractivity contribution in [3.8, 4) is 6.07 Å². The third-order valence-corrected chi connectivity index (χ3v) is 2.86. The van der Waals surface area contributed by atoms with Gasteiger partial charge in [-0.1, -0.05) is 13.8 Å². The number of furan rings is 1. The molecule has 1 N–H and O–H groups in total. The van der Waals surface area contributed by atoms with Crippen molar-refractivity contribution in [3.63, 3.8) is 0 Å². The molecule has 0 saturated heterocycles. The van der Waals surface area contributed by atoms with Crippen LogP contribution in [0.5, 0.6) is 0 Å². The summed E-state index contributed by atoms with van der Waals surface area (Å²) in [5.74, 6) is 0.462. The van der Waals surface area contributed by atoms with Crippen molar-refractivity contribution in [2.75, 3.05) is 0 Å². The number of carbonyl (C=O) groups is 1. The van der Waals surface area contributed by atoms with Gasteiger partial charge >= 0.3 is 0 Å². The van der Waals surface area contributed by atoms with E-state index in [1.165, 1.54) is 0 Å². The topological polar surface area (TPSA) is 66.0 Å². The fourth-order valence-electron chi connectivity index (χ4n) is 1.53. The van der Waals surface area contributed by atoms with Crippen molar-refractivity contribution in [1.29, 1.82) is 5.26 Å². The number of nitrogens with zero attached hydrogens (tertiary/aromatic N) is 1. The molecule has 0 spiro atoms. The van der Waals surface area contributed by atoms with Gasteiger partial charge in [0.15, 0.2) is 0 Å². The Morgan fingerprint density at radius 2 is 2.25 bits per heavy atom. The Morgan fingerprint density at radius 1 is 1.56 bits per heavy atom. The molecule has 0 aromatic carbocycles. The smallest absolute Gasteiger partial charge is 0.240 e. The summed E-state index contributed by atoms with van der Waals surface area (Å²) in [4.78, 5) is 11.9. The van der Waals surface area contributed by atoms with Crippen LogP contribution < -0.4 is 5.32 Å². The maximum absolute atomic E-state index is 11.9. The monoisotopic (exact) mass is 220 g/mol. The summed E-state index contributed by atoms with van der Waals surface area (Å²) >= 11 is 0. The van der Waals surface area contributed by atoms with Crippen LogP contribution >= 0.6 is 0 Å². The van der Waals surface area contributed by atoms with Crippen LogP contribution in [0.4, 0.5) is 0 Å². The fourth-order valence-corrected chi connectivity index (χ4v) is 1.53. The second kappa shape index (κ2) is 5.36. The van der Waals surface area contributed by atoms with Gasteiger partial charge in [0, 0.05) is 0 Å². The van der Waals surface area contributed by atoms with E-state index in [1.807, 2.05) is 13.8 Å². The molecular formula is C12H16N2O2. The predicted octanol–water partition coefficient (Wildman–Crippen LogP) is 2.23. The summed E-state index contributed by atoms with van der Waals surface area (Å²) in [5, 5.41) is 11.8. The van der Waals surface area contributed by atoms with Gasteiger partial charge in [0.2, 0.25) is 5.91 Å². The van der Waals surface area contributed by atoms with Crippen molar-refractivity contribution in [2.24, 2.45) is 5.41 Å². The Labute approximate surface area is 95.2 Å². The van der Waals surface area contributed by atoms with Crippen molar-refractivity contribution in [1.82, 2.24) is 5.32 Å². The van der Waals surface area contributed by atoms with Crippen molar-refractivity contribution in [3.05, 3.63) is 24.2 Å². The molecule has 0 radical (unpaired) electrons. The molecule has 0 aliphatic rings. The van der Waals surface area contributed by atoms with Crippen LogP contribution in [0.3, 0.4) is 0 Å². The molecule has 0 saturated carbocycles. The summed E-state index contributed by atoms with van der Waals surface area (Å²) in [7, 11) is 0. The summed E-state index contributed by atoms with van der Waals surface area (Å²) in [6.45, 7) is 4.02. The van der Waals surface area contributed by atoms with E-state index in [0.717, 1.165) is 0 Å². The molecule has 0 aliphatic heterocycles. The highest BCUT2D eigenvalue weighted by Crippen LogP contribution is 2.25. The van der Waals surface area contributed by atoms with Gasteiger partial charge in [-0.05, 0) is 25.0 Å². The maximum atomic E-state index is 11.9. The molecule has 1 aromatic heterocycles. The van der Waals surface area contributed by atoms with Gasteiger partial charge in [0.05, 0.1) is 18.9 Å². The van der Waals surface area contributed by atoms with E-state index in [9.17, 15) is 4.79 Å². The number of amides is 1. The first-order chi connectivity index (χ1) is 7.68. The van der Waals surface area contributed by atoms with Crippen LogP contribution in [0.15, 0.2) is 22.8 Å². The Kier molecular flexibility index (Phi) is 4.12. The zero-order chi connectivity index (χ0) is 12.0. The Hall–Kier alpha value is -1.76. The molecule has 16 heavy (non-hydrogen) atoms. The quantitative estimate of drug-likeness (QED) is 0.827. The first-order valence-electron chi connectivity index (χ1n) is 5.40. The summed E-state index contributed by atoms with van der Waals surface area (Å²) in [5.41, 5.74) is -0.910. The largest absolute Gasteiger partial charge is 0.467 e. The lowest BCUT2D eigenvalue weighted by molar-refractivity contribution is -0.128. The molecule has 1 heterocycles. The summed E-state index contributed by atoms with van der Waals surface area (Å²) in [6.07, 6.45) is 2.59. The lowest BCUT2D eigenvalue weighted by Gasteiger charge is -2.21. The third kappa shape index (κ3) is 2.43. The third-order valence-electron chi connectivity index (χ3n) is 2.86. The molecule has 0 aliphatic carbocycles. The van der Waals surface area contributed by atoms with Crippen LogP contribution in [0.25, 0.3) is 0 Å². The van der Waals surface area contributed by atoms with E-state index >= 15 is 0 Å². The zero-order valence-corrected chi connectivity index (χ0v) is 9.62. The van der Waals surface area contributed by atoms with E-state index in [2.05, 4.69) is 11.4 Å². The van der Waals surface area contributed by atoms with Gasteiger partial charge in [-0.15, -0.1) is 0 Å². The molecule has 1 amide bonds. The number of rotatable bonds is 5. The molecular weight excluding hydrogens is 204 g/mol. The number of nitriles is 1. The van der Waals surface area contributed by atoms with Crippen LogP contribution in [0, 0.1) is 16.7 Å². The average Bonchev–Trinajstić information content (AvgIpc) is 2.82. The van der Waals surface area contributed by atoms with E-state index in [0.29, 0.717) is 25.1 Å². The molecule has 0 unspecified atom stereocenters. The first-order valence-corrected chi connectivity index (χ1v) is 5.40. The standard InChI is InChI=1S/C12H16N2O2/c1-3-12(4-2,9-13)11(15)14-8-10-6-5-7-16-10/h5-7H,3-4,8H2,1-2H3,(H,14,15). The Bertz CT molecular complexity index is 372. The van der Waals surface area contributed by atoms with Gasteiger partial charge in [-0.25, -0.2) is 0 Å². The average molecular weight is 220 g/mol. The normalized spacial score (nSPS) is 10.8. The Morgan fingerprint density at radius 3 is 2.69 bits per heavy atom. The summed E-state index contributed by atoms with van der Waals surface area (Å²) in [6, 6.07) is 5.65. The van der Waals surface area contributed by atoms with E-state index in [1.54, 1.807) is 18.4 Å². The minimum atomic E-state index is -0.910. The highest BCUT2D eigenvalue weighted by atomic mass is 16.3. The fraction of sp³-hybridized carbons (Fsp3) is 0.500. The highest BCUT2D eigenvalue weighted by Gasteiger charge is 2.34. The molecule has 4 heteroatoms. The lowest BCUT2D eigenvalue weighted by atomic mass is 9.83. The molecule has 1 rings (SSSR count). The second-order valence-electron chi connectivity index (χ2n) is 3.66. The molecule has 0 atom stereocenters. The maximum Gasteiger partial charge on any atom is 0.240 e. The second-order valence-corrected chi connectivity index (χ2v) is 3.66. The van der Waals surface area contributed by atoms with Gasteiger partial charge in [-0.3, -0.25) is 4.79 Å². The van der Waals surface area contributed by atoms with Gasteiger partial charge in [-0.2, -0.15) is 5.26 Å². The molecule has 4 nitrogen and oxygen atoms in total. The predicted molar refractivity (Wildman–Crippen MR) is 59.2 cm³/mol. The van der Waals surface area contributed by atoms with Crippen molar-refractivity contribution in [2.45, 2.75) is 33.2 Å². The Balaban J connectivity index is 2.61. The molecule has 1 aromatic rings. The lowest BCUT2D eigenvalue weighted by Crippen LogP contribution is -2.38. The molecule has 0 bridgehead atoms. The van der Waals surface area contributed by atoms with E-state index in [-0.39, 0.29) is 5.91 Å². The van der Waals surface area contributed by atoms with Crippen molar-refractivity contribution >= 4 is 5.91 Å². The first kappa shape index (κ1) is 12.3. The zero-order valence-electron chi connectivity index (χ0n) is 9.62. The van der Waals surface area contributed by atoms with Gasteiger partial charge in [0.25, 0.3) is 0 Å². The minimum Gasteiger partial charge on any atom is -0.467 e. The van der Waals surface area contributed by atoms with Crippen LogP contribution in [0.1, 0.15) is 32.4 Å². The molecule has 86 valence electrons. The van der Waals surface area contributed by atoms with Crippen LogP contribution in [-0.2, 0) is 11.3 Å².